The number of hydrogen-bond acceptors (Lipinski definition) is 4. The molecule has 0 aliphatic heterocycles. The van der Waals surface area contributed by atoms with Crippen molar-refractivity contribution in [2.75, 3.05) is 4.72 Å². The number of aromatic amines is 1. The Bertz CT molecular complexity index is 831. The van der Waals surface area contributed by atoms with Gasteiger partial charge in [0.25, 0.3) is 15.6 Å². The lowest BCUT2D eigenvalue weighted by Crippen LogP contribution is -2.23. The molecule has 0 spiro atoms. The number of aromatic nitrogens is 1. The van der Waals surface area contributed by atoms with Gasteiger partial charge in [0.1, 0.15) is 16.3 Å². The first-order valence-electron chi connectivity index (χ1n) is 5.74. The Morgan fingerprint density at radius 2 is 1.77 bits per heavy atom. The Balaban J connectivity index is 2.42. The van der Waals surface area contributed by atoms with E-state index in [1.54, 1.807) is 0 Å². The van der Waals surface area contributed by atoms with Gasteiger partial charge in [0, 0.05) is 6.20 Å². The van der Waals surface area contributed by atoms with E-state index in [-0.39, 0.29) is 5.69 Å². The average molecular weight is 334 g/mol. The van der Waals surface area contributed by atoms with Gasteiger partial charge in [0.15, 0.2) is 0 Å². The van der Waals surface area contributed by atoms with Gasteiger partial charge in [-0.3, -0.25) is 9.52 Å². The van der Waals surface area contributed by atoms with E-state index < -0.39 is 32.6 Å². The van der Waals surface area contributed by atoms with Gasteiger partial charge in [-0.2, -0.15) is 0 Å². The number of halogens is 3. The maximum absolute atomic E-state index is 12.3. The zero-order valence-corrected chi connectivity index (χ0v) is 11.5. The molecule has 0 saturated carbocycles. The fraction of sp³-hybridized carbons (Fsp3) is 0.0833. The normalized spacial score (nSPS) is 12.0. The van der Waals surface area contributed by atoms with Crippen molar-refractivity contribution in [3.8, 4) is 5.75 Å². The van der Waals surface area contributed by atoms with Crippen molar-refractivity contribution in [1.29, 1.82) is 0 Å². The highest BCUT2D eigenvalue weighted by Crippen LogP contribution is 2.30. The van der Waals surface area contributed by atoms with Crippen LogP contribution in [-0.4, -0.2) is 19.8 Å². The molecule has 118 valence electrons. The molecule has 2 N–H and O–H groups in total. The maximum Gasteiger partial charge on any atom is 0.573 e. The van der Waals surface area contributed by atoms with E-state index >= 15 is 0 Å². The van der Waals surface area contributed by atoms with Crippen molar-refractivity contribution >= 4 is 15.7 Å². The number of alkyl halides is 3. The largest absolute Gasteiger partial charge is 0.573 e. The van der Waals surface area contributed by atoms with Crippen molar-refractivity contribution in [2.45, 2.75) is 11.3 Å². The molecule has 1 aromatic heterocycles. The number of pyridine rings is 1. The lowest BCUT2D eigenvalue weighted by Gasteiger charge is -2.14. The van der Waals surface area contributed by atoms with Crippen LogP contribution in [0.4, 0.5) is 18.9 Å². The summed E-state index contributed by atoms with van der Waals surface area (Å²) in [4.78, 5) is 12.9. The number of anilines is 1. The molecule has 0 atom stereocenters. The molecule has 0 bridgehead atoms. The van der Waals surface area contributed by atoms with Gasteiger partial charge in [0.2, 0.25) is 0 Å². The molecule has 1 aromatic carbocycles. The molecule has 6 nitrogen and oxygen atoms in total. The van der Waals surface area contributed by atoms with Crippen LogP contribution in [0.2, 0.25) is 0 Å². The molecule has 0 aliphatic rings. The molecule has 0 saturated heterocycles. The molecule has 2 rings (SSSR count). The van der Waals surface area contributed by atoms with Crippen LogP contribution in [0.5, 0.6) is 5.75 Å². The molecule has 0 fully saturated rings. The third-order valence-corrected chi connectivity index (χ3v) is 3.83. The van der Waals surface area contributed by atoms with E-state index in [9.17, 15) is 26.4 Å². The van der Waals surface area contributed by atoms with Gasteiger partial charge < -0.3 is 9.72 Å². The van der Waals surface area contributed by atoms with Crippen molar-refractivity contribution < 1.29 is 26.3 Å². The molecule has 1 heterocycles. The third-order valence-electron chi connectivity index (χ3n) is 2.43. The van der Waals surface area contributed by atoms with Crippen LogP contribution in [-0.2, 0) is 10.0 Å². The van der Waals surface area contributed by atoms with Crippen molar-refractivity contribution in [3.63, 3.8) is 0 Å². The van der Waals surface area contributed by atoms with Gasteiger partial charge in [-0.05, 0) is 24.3 Å². The summed E-state index contributed by atoms with van der Waals surface area (Å²) in [7, 11) is -4.43. The highest BCUT2D eigenvalue weighted by atomic mass is 32.2. The predicted molar refractivity (Wildman–Crippen MR) is 71.0 cm³/mol. The molecule has 0 amide bonds. The van der Waals surface area contributed by atoms with Gasteiger partial charge >= 0.3 is 6.36 Å². The van der Waals surface area contributed by atoms with Crippen LogP contribution in [0.15, 0.2) is 52.3 Å². The Hall–Kier alpha value is -2.49. The number of sulfonamides is 1. The van der Waals surface area contributed by atoms with E-state index in [1.165, 1.54) is 30.5 Å². The summed E-state index contributed by atoms with van der Waals surface area (Å²) in [5.74, 6) is -0.894. The number of hydrogen-bond donors (Lipinski definition) is 2. The topological polar surface area (TPSA) is 88.3 Å². The van der Waals surface area contributed by atoms with Crippen LogP contribution in [0.25, 0.3) is 0 Å². The molecule has 0 aliphatic carbocycles. The second kappa shape index (κ2) is 5.72. The molecule has 0 radical (unpaired) electrons. The van der Waals surface area contributed by atoms with Crippen LogP contribution < -0.4 is 15.0 Å². The maximum atomic E-state index is 12.3. The van der Waals surface area contributed by atoms with E-state index in [4.69, 9.17) is 0 Å². The molecular weight excluding hydrogens is 325 g/mol. The minimum Gasteiger partial charge on any atom is -0.404 e. The summed E-state index contributed by atoms with van der Waals surface area (Å²) < 4.78 is 66.8. The Labute approximate surface area is 122 Å². The fourth-order valence-corrected chi connectivity index (χ4v) is 2.78. The second-order valence-corrected chi connectivity index (χ2v) is 5.66. The predicted octanol–water partition coefficient (Wildman–Crippen LogP) is 2.07. The highest BCUT2D eigenvalue weighted by molar-refractivity contribution is 7.92. The first-order valence-corrected chi connectivity index (χ1v) is 7.23. The smallest absolute Gasteiger partial charge is 0.404 e. The molecule has 2 aromatic rings. The molecule has 0 unspecified atom stereocenters. The second-order valence-electron chi connectivity index (χ2n) is 4.01. The van der Waals surface area contributed by atoms with E-state index in [1.807, 2.05) is 4.72 Å². The van der Waals surface area contributed by atoms with Gasteiger partial charge in [-0.25, -0.2) is 8.42 Å². The van der Waals surface area contributed by atoms with Crippen LogP contribution in [0.1, 0.15) is 0 Å². The SMILES string of the molecule is O=c1[nH]cccc1NS(=O)(=O)c1ccccc1OC(F)(F)F. The number of rotatable bonds is 4. The standard InChI is InChI=1S/C12H9F3N2O4S/c13-12(14,15)21-9-5-1-2-6-10(9)22(19,20)17-8-4-3-7-16-11(8)18/h1-7,17H,(H,16,18). The molecule has 22 heavy (non-hydrogen) atoms. The third kappa shape index (κ3) is 3.79. The Morgan fingerprint density at radius 3 is 2.41 bits per heavy atom. The van der Waals surface area contributed by atoms with Gasteiger partial charge in [0.05, 0.1) is 0 Å². The van der Waals surface area contributed by atoms with Crippen LogP contribution in [0.3, 0.4) is 0 Å². The summed E-state index contributed by atoms with van der Waals surface area (Å²) in [5.41, 5.74) is -1.07. The van der Waals surface area contributed by atoms with Crippen molar-refractivity contribution in [3.05, 3.63) is 52.9 Å². The minimum atomic E-state index is -5.05. The lowest BCUT2D eigenvalue weighted by atomic mass is 10.3. The highest BCUT2D eigenvalue weighted by Gasteiger charge is 2.34. The lowest BCUT2D eigenvalue weighted by molar-refractivity contribution is -0.275. The monoisotopic (exact) mass is 334 g/mol. The quantitative estimate of drug-likeness (QED) is 0.896. The average Bonchev–Trinajstić information content (AvgIpc) is 2.40. The van der Waals surface area contributed by atoms with Crippen molar-refractivity contribution in [2.24, 2.45) is 0 Å². The zero-order valence-electron chi connectivity index (χ0n) is 10.7. The summed E-state index contributed by atoms with van der Waals surface area (Å²) in [6, 6.07) is 6.74. The Kier molecular flexibility index (Phi) is 4.13. The van der Waals surface area contributed by atoms with E-state index in [2.05, 4.69) is 9.72 Å². The van der Waals surface area contributed by atoms with E-state index in [0.717, 1.165) is 12.1 Å². The number of H-pyrrole nitrogens is 1. The first kappa shape index (κ1) is 15.9. The summed E-state index contributed by atoms with van der Waals surface area (Å²) in [5, 5.41) is 0. The summed E-state index contributed by atoms with van der Waals surface area (Å²) in [6.07, 6.45) is -3.77. The Morgan fingerprint density at radius 1 is 1.09 bits per heavy atom. The number of nitrogens with one attached hydrogen (secondary N) is 2. The molecule has 10 heteroatoms. The number of ether oxygens (including phenoxy) is 1. The summed E-state index contributed by atoms with van der Waals surface area (Å²) >= 11 is 0. The summed E-state index contributed by atoms with van der Waals surface area (Å²) in [6.45, 7) is 0. The minimum absolute atomic E-state index is 0.329. The van der Waals surface area contributed by atoms with E-state index in [0.29, 0.717) is 0 Å². The fourth-order valence-electron chi connectivity index (χ4n) is 1.58. The van der Waals surface area contributed by atoms with Gasteiger partial charge in [-0.15, -0.1) is 13.2 Å². The van der Waals surface area contributed by atoms with Crippen molar-refractivity contribution in [1.82, 2.24) is 4.98 Å². The number of para-hydroxylation sites is 1. The van der Waals surface area contributed by atoms with Crippen LogP contribution >= 0.6 is 0 Å². The molecular formula is C12H9F3N2O4S. The van der Waals surface area contributed by atoms with Gasteiger partial charge in [-0.1, -0.05) is 12.1 Å². The zero-order chi connectivity index (χ0) is 16.4. The van der Waals surface area contributed by atoms with Crippen LogP contribution in [0, 0.1) is 0 Å². The number of benzene rings is 1. The first-order chi connectivity index (χ1) is 10.2.